The topological polar surface area (TPSA) is 78.4 Å². The summed E-state index contributed by atoms with van der Waals surface area (Å²) in [4.78, 5) is 24.4. The standard InChI is InChI=1S/C16H23FN2O3/c1-10(2)14(16(22)18-11(3)8-9-20)19-15(21)12-4-6-13(17)7-5-12/h4-7,10-11,14,20H,8-9H2,1-3H3,(H,18,22)(H,19,21)/t11-,14?/m1/s1. The summed E-state index contributed by atoms with van der Waals surface area (Å²) < 4.78 is 12.9. The number of aliphatic hydroxyl groups is 1. The molecule has 0 heterocycles. The number of nitrogens with one attached hydrogen (secondary N) is 2. The molecule has 0 saturated heterocycles. The van der Waals surface area contributed by atoms with Crippen LogP contribution >= 0.6 is 0 Å². The molecular weight excluding hydrogens is 287 g/mol. The molecule has 0 aliphatic heterocycles. The van der Waals surface area contributed by atoms with Crippen molar-refractivity contribution in [1.82, 2.24) is 10.6 Å². The van der Waals surface area contributed by atoms with Crippen molar-refractivity contribution in [2.24, 2.45) is 5.92 Å². The second-order valence-electron chi connectivity index (χ2n) is 5.62. The van der Waals surface area contributed by atoms with Gasteiger partial charge in [0.1, 0.15) is 11.9 Å². The van der Waals surface area contributed by atoms with Gasteiger partial charge in [-0.25, -0.2) is 4.39 Å². The van der Waals surface area contributed by atoms with Gasteiger partial charge in [-0.1, -0.05) is 13.8 Å². The van der Waals surface area contributed by atoms with Gasteiger partial charge in [-0.05, 0) is 43.5 Å². The Hall–Kier alpha value is -1.95. The van der Waals surface area contributed by atoms with E-state index in [9.17, 15) is 14.0 Å². The van der Waals surface area contributed by atoms with Crippen LogP contribution < -0.4 is 10.6 Å². The number of hydrogen-bond donors (Lipinski definition) is 3. The summed E-state index contributed by atoms with van der Waals surface area (Å²) in [7, 11) is 0. The van der Waals surface area contributed by atoms with E-state index in [-0.39, 0.29) is 24.5 Å². The largest absolute Gasteiger partial charge is 0.396 e. The molecule has 1 rings (SSSR count). The van der Waals surface area contributed by atoms with Crippen LogP contribution in [-0.2, 0) is 4.79 Å². The molecule has 0 bridgehead atoms. The molecule has 0 aromatic heterocycles. The lowest BCUT2D eigenvalue weighted by atomic mass is 10.0. The molecule has 0 saturated carbocycles. The Bertz CT molecular complexity index is 503. The summed E-state index contributed by atoms with van der Waals surface area (Å²) in [6.45, 7) is 5.42. The minimum atomic E-state index is -0.696. The van der Waals surface area contributed by atoms with Crippen LogP contribution in [0.4, 0.5) is 4.39 Å². The van der Waals surface area contributed by atoms with Crippen molar-refractivity contribution in [3.05, 3.63) is 35.6 Å². The van der Waals surface area contributed by atoms with Crippen LogP contribution in [0.3, 0.4) is 0 Å². The normalized spacial score (nSPS) is 13.5. The molecule has 0 aliphatic carbocycles. The van der Waals surface area contributed by atoms with Crippen molar-refractivity contribution in [1.29, 1.82) is 0 Å². The first kappa shape index (κ1) is 18.1. The van der Waals surface area contributed by atoms with E-state index >= 15 is 0 Å². The molecule has 22 heavy (non-hydrogen) atoms. The second-order valence-corrected chi connectivity index (χ2v) is 5.62. The fraction of sp³-hybridized carbons (Fsp3) is 0.500. The SMILES string of the molecule is CC(C)C(NC(=O)c1ccc(F)cc1)C(=O)N[C@H](C)CCO. The van der Waals surface area contributed by atoms with Gasteiger partial charge >= 0.3 is 0 Å². The first-order valence-corrected chi connectivity index (χ1v) is 7.32. The highest BCUT2D eigenvalue weighted by Crippen LogP contribution is 2.07. The van der Waals surface area contributed by atoms with Crippen LogP contribution in [0.1, 0.15) is 37.6 Å². The summed E-state index contributed by atoms with van der Waals surface area (Å²) in [5.74, 6) is -1.26. The first-order chi connectivity index (χ1) is 10.3. The number of amides is 2. The molecule has 2 amide bonds. The fourth-order valence-electron chi connectivity index (χ4n) is 1.96. The average Bonchev–Trinajstić information content (AvgIpc) is 2.44. The van der Waals surface area contributed by atoms with E-state index in [1.54, 1.807) is 6.92 Å². The minimum absolute atomic E-state index is 0.0181. The van der Waals surface area contributed by atoms with Crippen LogP contribution in [0.2, 0.25) is 0 Å². The van der Waals surface area contributed by atoms with Gasteiger partial charge in [-0.2, -0.15) is 0 Å². The molecule has 1 aromatic carbocycles. The van der Waals surface area contributed by atoms with E-state index in [1.807, 2.05) is 13.8 Å². The lowest BCUT2D eigenvalue weighted by Crippen LogP contribution is -2.51. The highest BCUT2D eigenvalue weighted by atomic mass is 19.1. The Morgan fingerprint density at radius 1 is 1.14 bits per heavy atom. The van der Waals surface area contributed by atoms with E-state index in [4.69, 9.17) is 5.11 Å². The van der Waals surface area contributed by atoms with Gasteiger partial charge in [-0.3, -0.25) is 9.59 Å². The van der Waals surface area contributed by atoms with Gasteiger partial charge in [0.15, 0.2) is 0 Å². The fourth-order valence-corrected chi connectivity index (χ4v) is 1.96. The van der Waals surface area contributed by atoms with Crippen LogP contribution in [0.5, 0.6) is 0 Å². The van der Waals surface area contributed by atoms with Crippen molar-refractivity contribution < 1.29 is 19.1 Å². The van der Waals surface area contributed by atoms with Gasteiger partial charge in [-0.15, -0.1) is 0 Å². The maximum atomic E-state index is 12.9. The van der Waals surface area contributed by atoms with E-state index in [0.29, 0.717) is 12.0 Å². The van der Waals surface area contributed by atoms with Crippen LogP contribution in [0, 0.1) is 11.7 Å². The maximum Gasteiger partial charge on any atom is 0.251 e. The Kier molecular flexibility index (Phi) is 6.98. The zero-order valence-electron chi connectivity index (χ0n) is 13.1. The Morgan fingerprint density at radius 2 is 1.73 bits per heavy atom. The Morgan fingerprint density at radius 3 is 2.23 bits per heavy atom. The predicted molar refractivity (Wildman–Crippen MR) is 81.8 cm³/mol. The molecule has 1 aromatic rings. The zero-order chi connectivity index (χ0) is 16.7. The third-order valence-electron chi connectivity index (χ3n) is 3.29. The number of carbonyl (C=O) groups is 2. The second kappa shape index (κ2) is 8.48. The maximum absolute atomic E-state index is 12.9. The third-order valence-corrected chi connectivity index (χ3v) is 3.29. The number of carbonyl (C=O) groups excluding carboxylic acids is 2. The Labute approximate surface area is 129 Å². The molecule has 3 N–H and O–H groups in total. The van der Waals surface area contributed by atoms with Gasteiger partial charge in [0.2, 0.25) is 5.91 Å². The summed E-state index contributed by atoms with van der Waals surface area (Å²) >= 11 is 0. The number of halogens is 1. The molecule has 0 aliphatic rings. The highest BCUT2D eigenvalue weighted by molar-refractivity contribution is 5.97. The number of hydrogen-bond acceptors (Lipinski definition) is 3. The van der Waals surface area contributed by atoms with Crippen LogP contribution in [0.25, 0.3) is 0 Å². The van der Waals surface area contributed by atoms with Crippen molar-refractivity contribution in [3.8, 4) is 0 Å². The quantitative estimate of drug-likeness (QED) is 0.713. The van der Waals surface area contributed by atoms with Crippen molar-refractivity contribution in [2.75, 3.05) is 6.61 Å². The number of benzene rings is 1. The van der Waals surface area contributed by atoms with E-state index in [2.05, 4.69) is 10.6 Å². The highest BCUT2D eigenvalue weighted by Gasteiger charge is 2.25. The summed E-state index contributed by atoms with van der Waals surface area (Å²) in [5, 5.41) is 14.3. The third kappa shape index (κ3) is 5.44. The van der Waals surface area contributed by atoms with E-state index in [0.717, 1.165) is 0 Å². The predicted octanol–water partition coefficient (Wildman–Crippen LogP) is 1.47. The summed E-state index contributed by atoms with van der Waals surface area (Å²) in [6, 6.07) is 4.26. The van der Waals surface area contributed by atoms with Gasteiger partial charge in [0.25, 0.3) is 5.91 Å². The lowest BCUT2D eigenvalue weighted by Gasteiger charge is -2.24. The zero-order valence-corrected chi connectivity index (χ0v) is 13.1. The average molecular weight is 310 g/mol. The monoisotopic (exact) mass is 310 g/mol. The first-order valence-electron chi connectivity index (χ1n) is 7.32. The van der Waals surface area contributed by atoms with Gasteiger partial charge in [0, 0.05) is 18.2 Å². The number of aliphatic hydroxyl groups excluding tert-OH is 1. The molecule has 5 nitrogen and oxygen atoms in total. The Balaban J connectivity index is 2.73. The molecule has 6 heteroatoms. The van der Waals surface area contributed by atoms with Crippen molar-refractivity contribution >= 4 is 11.8 Å². The lowest BCUT2D eigenvalue weighted by molar-refractivity contribution is -0.124. The molecule has 0 spiro atoms. The molecule has 0 radical (unpaired) electrons. The van der Waals surface area contributed by atoms with E-state index in [1.165, 1.54) is 24.3 Å². The van der Waals surface area contributed by atoms with Crippen molar-refractivity contribution in [2.45, 2.75) is 39.3 Å². The van der Waals surface area contributed by atoms with Gasteiger partial charge in [0.05, 0.1) is 0 Å². The smallest absolute Gasteiger partial charge is 0.251 e. The van der Waals surface area contributed by atoms with Crippen LogP contribution in [0.15, 0.2) is 24.3 Å². The number of rotatable bonds is 7. The van der Waals surface area contributed by atoms with Crippen LogP contribution in [-0.4, -0.2) is 35.6 Å². The molecule has 122 valence electrons. The molecular formula is C16H23FN2O3. The minimum Gasteiger partial charge on any atom is -0.396 e. The van der Waals surface area contributed by atoms with E-state index < -0.39 is 17.8 Å². The summed E-state index contributed by atoms with van der Waals surface area (Å²) in [6.07, 6.45) is 0.447. The summed E-state index contributed by atoms with van der Waals surface area (Å²) in [5.41, 5.74) is 0.295. The molecule has 1 unspecified atom stereocenters. The molecule has 2 atom stereocenters. The molecule has 0 fully saturated rings. The van der Waals surface area contributed by atoms with Crippen molar-refractivity contribution in [3.63, 3.8) is 0 Å². The van der Waals surface area contributed by atoms with Gasteiger partial charge < -0.3 is 15.7 Å².